The molecule has 0 amide bonds. The number of hydrogen-bond acceptors (Lipinski definition) is 2. The van der Waals surface area contributed by atoms with Crippen molar-refractivity contribution in [1.82, 2.24) is 0 Å². The summed E-state index contributed by atoms with van der Waals surface area (Å²) in [6.45, 7) is 6.88. The Balaban J connectivity index is 0.000000296. The minimum atomic E-state index is -7.37. The van der Waals surface area contributed by atoms with Crippen LogP contribution in [0.15, 0.2) is 99.6 Å². The molecule has 0 aliphatic carbocycles. The van der Waals surface area contributed by atoms with Gasteiger partial charge in [0.1, 0.15) is 0 Å². The first-order chi connectivity index (χ1) is 18.1. The Kier molecular flexibility index (Phi) is 9.75. The number of halogens is 9. The first-order valence-corrected chi connectivity index (χ1v) is 13.8. The van der Waals surface area contributed by atoms with Gasteiger partial charge in [-0.05, 0) is 35.7 Å². The Morgan fingerprint density at radius 3 is 1.32 bits per heavy atom. The molecule has 0 aliphatic heterocycles. The van der Waals surface area contributed by atoms with Crippen LogP contribution < -0.4 is 0 Å². The highest BCUT2D eigenvalue weighted by molar-refractivity contribution is 7.97. The molecule has 0 radical (unpaired) electrons. The van der Waals surface area contributed by atoms with E-state index in [1.165, 1.54) is 20.2 Å². The van der Waals surface area contributed by atoms with E-state index in [9.17, 15) is 47.9 Å². The third kappa shape index (κ3) is 6.77. The average Bonchev–Trinajstić information content (AvgIpc) is 2.84. The predicted molar refractivity (Wildman–Crippen MR) is 133 cm³/mol. The van der Waals surface area contributed by atoms with Gasteiger partial charge in [-0.3, -0.25) is 4.55 Å². The molecule has 3 nitrogen and oxygen atoms in total. The Morgan fingerprint density at radius 2 is 0.975 bits per heavy atom. The maximum absolute atomic E-state index is 12.2. The largest absolute Gasteiger partial charge is 0.460 e. The van der Waals surface area contributed by atoms with Crippen LogP contribution in [0.5, 0.6) is 0 Å². The van der Waals surface area contributed by atoms with Gasteiger partial charge >= 0.3 is 33.4 Å². The molecule has 3 aromatic rings. The highest BCUT2D eigenvalue weighted by Gasteiger charge is 2.85. The van der Waals surface area contributed by atoms with Gasteiger partial charge in [0.05, 0.1) is 10.9 Å². The van der Waals surface area contributed by atoms with E-state index in [1.807, 2.05) is 0 Å². The molecule has 0 aromatic heterocycles. The molecule has 0 fully saturated rings. The summed E-state index contributed by atoms with van der Waals surface area (Å²) in [5.41, 5.74) is 1.56. The van der Waals surface area contributed by atoms with E-state index >= 15 is 0 Å². The van der Waals surface area contributed by atoms with Gasteiger partial charge in [0.25, 0.3) is 0 Å². The minimum Gasteiger partial charge on any atom is -0.281 e. The molecule has 40 heavy (non-hydrogen) atoms. The van der Waals surface area contributed by atoms with Gasteiger partial charge in [0, 0.05) is 5.56 Å². The van der Waals surface area contributed by atoms with Gasteiger partial charge in [0.2, 0.25) is 0 Å². The molecular formula is C26H24F9O3S2+. The summed E-state index contributed by atoms with van der Waals surface area (Å²) in [5.74, 6) is -14.7. The van der Waals surface area contributed by atoms with Crippen molar-refractivity contribution in [2.75, 3.05) is 0 Å². The van der Waals surface area contributed by atoms with Gasteiger partial charge in [0.15, 0.2) is 14.7 Å². The quantitative estimate of drug-likeness (QED) is 0.171. The van der Waals surface area contributed by atoms with Crippen LogP contribution in [0.1, 0.15) is 26.3 Å². The molecule has 0 spiro atoms. The van der Waals surface area contributed by atoms with Crippen LogP contribution in [0.3, 0.4) is 0 Å². The third-order valence-electron chi connectivity index (χ3n) is 5.31. The normalized spacial score (nSPS) is 13.6. The van der Waals surface area contributed by atoms with Crippen LogP contribution in [-0.2, 0) is 26.4 Å². The van der Waals surface area contributed by atoms with Crippen LogP contribution in [-0.4, -0.2) is 36.2 Å². The average molecular weight is 620 g/mol. The summed E-state index contributed by atoms with van der Waals surface area (Å²) >= 11 is 0. The predicted octanol–water partition coefficient (Wildman–Crippen LogP) is 8.38. The van der Waals surface area contributed by atoms with Crippen molar-refractivity contribution in [3.8, 4) is 0 Å². The zero-order valence-electron chi connectivity index (χ0n) is 21.1. The van der Waals surface area contributed by atoms with E-state index < -0.39 is 33.4 Å². The van der Waals surface area contributed by atoms with E-state index in [-0.39, 0.29) is 16.3 Å². The molecule has 0 aliphatic rings. The summed E-state index contributed by atoms with van der Waals surface area (Å²) in [5, 5.41) is -7.00. The topological polar surface area (TPSA) is 54.4 Å². The molecule has 220 valence electrons. The molecule has 0 unspecified atom stereocenters. The van der Waals surface area contributed by atoms with E-state index in [2.05, 4.69) is 106 Å². The van der Waals surface area contributed by atoms with Crippen molar-refractivity contribution >= 4 is 21.0 Å². The van der Waals surface area contributed by atoms with E-state index in [4.69, 9.17) is 4.55 Å². The molecule has 0 atom stereocenters. The van der Waals surface area contributed by atoms with Gasteiger partial charge < -0.3 is 0 Å². The van der Waals surface area contributed by atoms with Gasteiger partial charge in [-0.25, -0.2) is 0 Å². The molecular weight excluding hydrogens is 595 g/mol. The smallest absolute Gasteiger partial charge is 0.281 e. The Morgan fingerprint density at radius 1 is 0.600 bits per heavy atom. The second-order valence-electron chi connectivity index (χ2n) is 9.32. The zero-order valence-corrected chi connectivity index (χ0v) is 22.7. The summed E-state index contributed by atoms with van der Waals surface area (Å²) in [4.78, 5) is 4.17. The summed E-state index contributed by atoms with van der Waals surface area (Å²) in [7, 11) is -7.24. The van der Waals surface area contributed by atoms with Gasteiger partial charge in [-0.2, -0.15) is 47.9 Å². The lowest BCUT2D eigenvalue weighted by atomic mass is 9.87. The number of hydrogen-bond donors (Lipinski definition) is 1. The first-order valence-electron chi connectivity index (χ1n) is 11.2. The van der Waals surface area contributed by atoms with Crippen LogP contribution in [0.25, 0.3) is 0 Å². The monoisotopic (exact) mass is 619 g/mol. The molecule has 0 saturated heterocycles. The fourth-order valence-corrected chi connectivity index (χ4v) is 6.19. The van der Waals surface area contributed by atoms with Crippen LogP contribution >= 0.6 is 0 Å². The van der Waals surface area contributed by atoms with E-state index in [0.717, 1.165) is 0 Å². The summed E-state index contributed by atoms with van der Waals surface area (Å²) < 4.78 is 134. The molecule has 1 N–H and O–H groups in total. The number of rotatable bonds is 6. The fourth-order valence-electron chi connectivity index (χ4n) is 3.29. The van der Waals surface area contributed by atoms with E-state index in [1.54, 1.807) is 0 Å². The summed E-state index contributed by atoms with van der Waals surface area (Å²) in [6, 6.07) is 30.6. The second-order valence-corrected chi connectivity index (χ2v) is 12.8. The zero-order chi connectivity index (χ0) is 30.8. The number of alkyl halides is 9. The van der Waals surface area contributed by atoms with Crippen molar-refractivity contribution < 1.29 is 52.5 Å². The van der Waals surface area contributed by atoms with E-state index in [0.29, 0.717) is 0 Å². The third-order valence-corrected chi connectivity index (χ3v) is 8.50. The van der Waals surface area contributed by atoms with Gasteiger partial charge in [-0.1, -0.05) is 75.4 Å². The highest BCUT2D eigenvalue weighted by Crippen LogP contribution is 2.54. The van der Waals surface area contributed by atoms with Crippen molar-refractivity contribution in [3.63, 3.8) is 0 Å². The molecule has 0 saturated carbocycles. The van der Waals surface area contributed by atoms with Crippen molar-refractivity contribution in [2.45, 2.75) is 64.1 Å². The molecule has 3 rings (SSSR count). The Bertz CT molecular complexity index is 1330. The maximum Gasteiger partial charge on any atom is 0.460 e. The molecule has 0 heterocycles. The Hall–Kier alpha value is -2.71. The summed E-state index contributed by atoms with van der Waals surface area (Å²) in [6.07, 6.45) is -7.13. The van der Waals surface area contributed by atoms with Gasteiger partial charge in [-0.15, -0.1) is 0 Å². The van der Waals surface area contributed by atoms with Crippen LogP contribution in [0.2, 0.25) is 0 Å². The minimum absolute atomic E-state index is 0.0727. The Labute approximate surface area is 228 Å². The molecule has 14 heteroatoms. The first kappa shape index (κ1) is 33.5. The molecule has 3 aromatic carbocycles. The van der Waals surface area contributed by atoms with Crippen LogP contribution in [0.4, 0.5) is 39.5 Å². The lowest BCUT2D eigenvalue weighted by Crippen LogP contribution is -2.63. The second kappa shape index (κ2) is 11.6. The number of benzene rings is 3. The fraction of sp³-hybridized carbons (Fsp3) is 0.308. The van der Waals surface area contributed by atoms with Crippen molar-refractivity contribution in [3.05, 3.63) is 90.5 Å². The van der Waals surface area contributed by atoms with Crippen molar-refractivity contribution in [2.24, 2.45) is 0 Å². The maximum atomic E-state index is 12.2. The lowest BCUT2D eigenvalue weighted by Gasteiger charge is -2.31. The lowest BCUT2D eigenvalue weighted by molar-refractivity contribution is -0.382. The van der Waals surface area contributed by atoms with Crippen LogP contribution in [0, 0.1) is 0 Å². The van der Waals surface area contributed by atoms with Crippen molar-refractivity contribution in [1.29, 1.82) is 0 Å². The standard InChI is InChI=1S/C22H23S.C4HF9O3S/c1-22(2,3)20-16-10-11-17-21(20)23(18-12-6-4-7-13-18)19-14-8-5-9-15-19;5-1(6,3(9,10)11)2(7,8)4(12,13)17(14,15)16/h4-17H,1-3H3;(H,14,15,16)/q+1;. The molecule has 0 bridgehead atoms. The SMILES string of the molecule is CC(C)(C)c1ccccc1[S+](c1ccccc1)c1ccccc1.O=S(=O)(O)C(F)(F)C(F)(F)C(F)(F)C(F)(F)F. The highest BCUT2D eigenvalue weighted by atomic mass is 32.2.